The molecule has 0 heterocycles. The molecular weight excluding hydrogens is 241 g/mol. The van der Waals surface area contributed by atoms with Crippen LogP contribution in [0.25, 0.3) is 0 Å². The van der Waals surface area contributed by atoms with Crippen LogP contribution in [0, 0.1) is 0 Å². The van der Waals surface area contributed by atoms with Crippen LogP contribution in [0.15, 0.2) is 18.2 Å². The molecule has 0 aliphatic carbocycles. The van der Waals surface area contributed by atoms with Gasteiger partial charge in [-0.3, -0.25) is 4.90 Å². The second-order valence-corrected chi connectivity index (χ2v) is 4.07. The number of rotatable bonds is 3. The van der Waals surface area contributed by atoms with Crippen LogP contribution in [0.1, 0.15) is 5.56 Å². The van der Waals surface area contributed by atoms with E-state index < -0.39 is 12.7 Å². The summed E-state index contributed by atoms with van der Waals surface area (Å²) in [6, 6.07) is 4.76. The number of hydrogen-bond donors (Lipinski definition) is 1. The molecule has 1 aromatic rings. The van der Waals surface area contributed by atoms with Crippen molar-refractivity contribution in [3.8, 4) is 0 Å². The molecule has 0 aliphatic rings. The molecule has 2 nitrogen and oxygen atoms in total. The van der Waals surface area contributed by atoms with Gasteiger partial charge in [0.1, 0.15) is 0 Å². The van der Waals surface area contributed by atoms with Crippen LogP contribution in [0.5, 0.6) is 0 Å². The van der Waals surface area contributed by atoms with Crippen LogP contribution >= 0.6 is 11.6 Å². The van der Waals surface area contributed by atoms with Crippen molar-refractivity contribution in [2.45, 2.75) is 12.7 Å². The highest BCUT2D eigenvalue weighted by atomic mass is 35.5. The van der Waals surface area contributed by atoms with Gasteiger partial charge in [-0.25, -0.2) is 0 Å². The Bertz CT molecular complexity index is 366. The third kappa shape index (κ3) is 4.28. The lowest BCUT2D eigenvalue weighted by atomic mass is 10.1. The van der Waals surface area contributed by atoms with Crippen molar-refractivity contribution in [1.29, 1.82) is 0 Å². The first-order valence-electron chi connectivity index (χ1n) is 4.57. The molecule has 0 unspecified atom stereocenters. The molecule has 0 fully saturated rings. The second-order valence-electron chi connectivity index (χ2n) is 3.63. The number of hydrogen-bond acceptors (Lipinski definition) is 2. The Morgan fingerprint density at radius 1 is 1.38 bits per heavy atom. The maximum Gasteiger partial charge on any atom is 0.401 e. The minimum Gasteiger partial charge on any atom is -0.398 e. The fraction of sp³-hybridized carbons (Fsp3) is 0.400. The Balaban J connectivity index is 2.69. The lowest BCUT2D eigenvalue weighted by Crippen LogP contribution is -2.30. The third-order valence-electron chi connectivity index (χ3n) is 1.99. The molecule has 1 aromatic carbocycles. The van der Waals surface area contributed by atoms with Crippen LogP contribution in [0.3, 0.4) is 0 Å². The topological polar surface area (TPSA) is 29.3 Å². The smallest absolute Gasteiger partial charge is 0.398 e. The van der Waals surface area contributed by atoms with Gasteiger partial charge in [0.25, 0.3) is 0 Å². The molecule has 0 aromatic heterocycles. The van der Waals surface area contributed by atoms with E-state index in [9.17, 15) is 13.2 Å². The van der Waals surface area contributed by atoms with Crippen molar-refractivity contribution in [1.82, 2.24) is 4.90 Å². The van der Waals surface area contributed by atoms with Gasteiger partial charge in [0, 0.05) is 17.3 Å². The van der Waals surface area contributed by atoms with Crippen LogP contribution in [0.4, 0.5) is 18.9 Å². The fourth-order valence-corrected chi connectivity index (χ4v) is 1.56. The zero-order chi connectivity index (χ0) is 12.3. The first-order valence-corrected chi connectivity index (χ1v) is 4.95. The fourth-order valence-electron chi connectivity index (χ4n) is 1.36. The zero-order valence-electron chi connectivity index (χ0n) is 8.68. The SMILES string of the molecule is CN(Cc1cc(Cl)ccc1N)CC(F)(F)F. The summed E-state index contributed by atoms with van der Waals surface area (Å²) in [4.78, 5) is 1.14. The molecule has 0 atom stereocenters. The average molecular weight is 253 g/mol. The normalized spacial score (nSPS) is 12.1. The highest BCUT2D eigenvalue weighted by molar-refractivity contribution is 6.30. The van der Waals surface area contributed by atoms with Crippen LogP contribution < -0.4 is 5.73 Å². The largest absolute Gasteiger partial charge is 0.401 e. The van der Waals surface area contributed by atoms with Crippen molar-refractivity contribution in [2.24, 2.45) is 0 Å². The summed E-state index contributed by atoms with van der Waals surface area (Å²) in [5.74, 6) is 0. The molecule has 0 saturated heterocycles. The molecule has 0 amide bonds. The highest BCUT2D eigenvalue weighted by Gasteiger charge is 2.29. The minimum absolute atomic E-state index is 0.117. The summed E-state index contributed by atoms with van der Waals surface area (Å²) in [7, 11) is 1.38. The summed E-state index contributed by atoms with van der Waals surface area (Å²) in [6.45, 7) is -0.856. The summed E-state index contributed by atoms with van der Waals surface area (Å²) in [5, 5.41) is 0.463. The van der Waals surface area contributed by atoms with E-state index in [2.05, 4.69) is 0 Å². The van der Waals surface area contributed by atoms with E-state index in [-0.39, 0.29) is 6.54 Å². The Morgan fingerprint density at radius 3 is 2.56 bits per heavy atom. The second kappa shape index (κ2) is 4.93. The van der Waals surface area contributed by atoms with Crippen molar-refractivity contribution >= 4 is 17.3 Å². The molecule has 0 spiro atoms. The maximum absolute atomic E-state index is 12.1. The number of anilines is 1. The van der Waals surface area contributed by atoms with Gasteiger partial charge in [-0.15, -0.1) is 0 Å². The molecule has 2 N–H and O–H groups in total. The molecule has 0 bridgehead atoms. The number of nitrogens with zero attached hydrogens (tertiary/aromatic N) is 1. The highest BCUT2D eigenvalue weighted by Crippen LogP contribution is 2.21. The summed E-state index contributed by atoms with van der Waals surface area (Å²) < 4.78 is 36.3. The lowest BCUT2D eigenvalue weighted by molar-refractivity contribution is -0.144. The van der Waals surface area contributed by atoms with Gasteiger partial charge in [-0.05, 0) is 30.8 Å². The number of nitrogen functional groups attached to an aromatic ring is 1. The van der Waals surface area contributed by atoms with Gasteiger partial charge < -0.3 is 5.73 Å². The number of benzene rings is 1. The summed E-state index contributed by atoms with van der Waals surface area (Å²) >= 11 is 5.74. The number of alkyl halides is 3. The van der Waals surface area contributed by atoms with Gasteiger partial charge in [0.15, 0.2) is 0 Å². The number of nitrogens with two attached hydrogens (primary N) is 1. The molecule has 6 heteroatoms. The monoisotopic (exact) mass is 252 g/mol. The predicted octanol–water partition coefficient (Wildman–Crippen LogP) is 2.92. The van der Waals surface area contributed by atoms with E-state index in [1.807, 2.05) is 0 Å². The molecule has 0 radical (unpaired) electrons. The Labute approximate surface area is 96.8 Å². The first-order chi connectivity index (χ1) is 7.28. The van der Waals surface area contributed by atoms with Gasteiger partial charge in [-0.2, -0.15) is 13.2 Å². The van der Waals surface area contributed by atoms with E-state index in [1.165, 1.54) is 7.05 Å². The van der Waals surface area contributed by atoms with E-state index in [1.54, 1.807) is 18.2 Å². The molecular formula is C10H12ClF3N2. The third-order valence-corrected chi connectivity index (χ3v) is 2.23. The van der Waals surface area contributed by atoms with E-state index in [0.717, 1.165) is 4.90 Å². The Morgan fingerprint density at radius 2 is 2.00 bits per heavy atom. The summed E-state index contributed by atoms with van der Waals surface area (Å²) in [5.41, 5.74) is 6.67. The molecule has 16 heavy (non-hydrogen) atoms. The van der Waals surface area contributed by atoms with Crippen molar-refractivity contribution in [2.75, 3.05) is 19.3 Å². The van der Waals surface area contributed by atoms with Crippen LogP contribution in [0.2, 0.25) is 5.02 Å². The van der Waals surface area contributed by atoms with Gasteiger partial charge >= 0.3 is 6.18 Å². The first kappa shape index (κ1) is 13.1. The van der Waals surface area contributed by atoms with Gasteiger partial charge in [0.05, 0.1) is 6.54 Å². The predicted molar refractivity (Wildman–Crippen MR) is 58.3 cm³/mol. The Kier molecular flexibility index (Phi) is 4.04. The summed E-state index contributed by atoms with van der Waals surface area (Å²) in [6.07, 6.45) is -4.21. The zero-order valence-corrected chi connectivity index (χ0v) is 9.44. The lowest BCUT2D eigenvalue weighted by Gasteiger charge is -2.19. The van der Waals surface area contributed by atoms with Crippen LogP contribution in [-0.4, -0.2) is 24.7 Å². The number of halogens is 4. The standard InChI is InChI=1S/C10H12ClF3N2/c1-16(6-10(12,13)14)5-7-4-8(11)2-3-9(7)15/h2-4H,5-6,15H2,1H3. The van der Waals surface area contributed by atoms with Crippen LogP contribution in [-0.2, 0) is 6.54 Å². The average Bonchev–Trinajstić information content (AvgIpc) is 2.08. The van der Waals surface area contributed by atoms with E-state index in [4.69, 9.17) is 17.3 Å². The molecule has 0 aliphatic heterocycles. The van der Waals surface area contributed by atoms with E-state index in [0.29, 0.717) is 16.3 Å². The molecule has 1 rings (SSSR count). The van der Waals surface area contributed by atoms with Gasteiger partial charge in [0.2, 0.25) is 0 Å². The van der Waals surface area contributed by atoms with E-state index >= 15 is 0 Å². The quantitative estimate of drug-likeness (QED) is 0.838. The van der Waals surface area contributed by atoms with Crippen molar-refractivity contribution in [3.05, 3.63) is 28.8 Å². The molecule has 0 saturated carbocycles. The molecule has 90 valence electrons. The minimum atomic E-state index is -4.21. The maximum atomic E-state index is 12.1. The Hall–Kier alpha value is -0.940. The van der Waals surface area contributed by atoms with Crippen molar-refractivity contribution < 1.29 is 13.2 Å². The van der Waals surface area contributed by atoms with Gasteiger partial charge in [-0.1, -0.05) is 11.6 Å². The van der Waals surface area contributed by atoms with Crippen molar-refractivity contribution in [3.63, 3.8) is 0 Å².